The Morgan fingerprint density at radius 2 is 1.92 bits per heavy atom. The maximum Gasteiger partial charge on any atom is 0.203 e. The number of fused-ring (bicyclic) bond motifs is 1. The Bertz CT molecular complexity index is 966. The molecular weight excluding hydrogens is 349 g/mol. The molecule has 1 aliphatic heterocycles. The fourth-order valence-electron chi connectivity index (χ4n) is 2.41. The Kier molecular flexibility index (Phi) is 3.63. The molecule has 3 rings (SSSR count). The van der Waals surface area contributed by atoms with Gasteiger partial charge in [0.15, 0.2) is 28.1 Å². The van der Waals surface area contributed by atoms with Crippen molar-refractivity contribution < 1.29 is 30.9 Å². The molecule has 0 amide bonds. The average Bonchev–Trinajstić information content (AvgIpc) is 3.07. The summed E-state index contributed by atoms with van der Waals surface area (Å²) in [6.45, 7) is 4.56. The zero-order chi connectivity index (χ0) is 17.9. The number of aromatic nitrogens is 1. The minimum atomic E-state index is -4.04. The van der Waals surface area contributed by atoms with Gasteiger partial charge < -0.3 is 9.36 Å². The van der Waals surface area contributed by atoms with Crippen molar-refractivity contribution in [1.29, 1.82) is 0 Å². The highest BCUT2D eigenvalue weighted by molar-refractivity contribution is 8.06. The minimum Gasteiger partial charge on any atom is -0.389 e. The van der Waals surface area contributed by atoms with Crippen LogP contribution in [0.2, 0.25) is 0 Å². The van der Waals surface area contributed by atoms with Crippen molar-refractivity contribution in [3.8, 4) is 0 Å². The highest BCUT2D eigenvalue weighted by Crippen LogP contribution is 2.35. The third-order valence-electron chi connectivity index (χ3n) is 3.78. The molecule has 0 saturated carbocycles. The smallest absolute Gasteiger partial charge is 0.203 e. The van der Waals surface area contributed by atoms with E-state index in [1.165, 1.54) is 6.92 Å². The molecule has 2 heterocycles. The molecular formula is C14H13F3N2O4S. The first-order valence-electron chi connectivity index (χ1n) is 6.96. The summed E-state index contributed by atoms with van der Waals surface area (Å²) in [5, 5.41) is 4.94. The lowest BCUT2D eigenvalue weighted by atomic mass is 10.1. The molecule has 130 valence electrons. The van der Waals surface area contributed by atoms with Crippen molar-refractivity contribution in [2.75, 3.05) is 0 Å². The number of sulfone groups is 1. The lowest BCUT2D eigenvalue weighted by Gasteiger charge is -2.14. The SMILES string of the molecule is CC(c1noc2cc(F)c(F)c(F)c12)S(=O)(=O)C1=NOC(C)(C)C1. The molecule has 1 aromatic carbocycles. The summed E-state index contributed by atoms with van der Waals surface area (Å²) in [4.78, 5) is 5.03. The Morgan fingerprint density at radius 1 is 1.25 bits per heavy atom. The Hall–Kier alpha value is -2.10. The van der Waals surface area contributed by atoms with Gasteiger partial charge in [0.25, 0.3) is 0 Å². The number of halogens is 3. The third kappa shape index (κ3) is 2.45. The van der Waals surface area contributed by atoms with Crippen LogP contribution in [0.1, 0.15) is 38.1 Å². The number of oxime groups is 1. The van der Waals surface area contributed by atoms with E-state index < -0.39 is 43.5 Å². The van der Waals surface area contributed by atoms with Crippen LogP contribution < -0.4 is 0 Å². The van der Waals surface area contributed by atoms with Crippen LogP contribution in [-0.4, -0.2) is 24.2 Å². The van der Waals surface area contributed by atoms with E-state index in [4.69, 9.17) is 9.36 Å². The van der Waals surface area contributed by atoms with Crippen molar-refractivity contribution in [1.82, 2.24) is 5.16 Å². The van der Waals surface area contributed by atoms with Crippen LogP contribution in [0.5, 0.6) is 0 Å². The molecule has 0 spiro atoms. The van der Waals surface area contributed by atoms with Gasteiger partial charge >= 0.3 is 0 Å². The molecule has 1 aliphatic rings. The van der Waals surface area contributed by atoms with Crippen molar-refractivity contribution in [3.05, 3.63) is 29.2 Å². The zero-order valence-electron chi connectivity index (χ0n) is 12.9. The predicted octanol–water partition coefficient (Wildman–Crippen LogP) is 3.23. The number of hydrogen-bond acceptors (Lipinski definition) is 6. The van der Waals surface area contributed by atoms with Gasteiger partial charge in [0, 0.05) is 12.5 Å². The summed E-state index contributed by atoms with van der Waals surface area (Å²) in [6, 6.07) is 0.614. The highest BCUT2D eigenvalue weighted by Gasteiger charge is 2.41. The summed E-state index contributed by atoms with van der Waals surface area (Å²) in [6.07, 6.45) is 0.0287. The molecule has 1 atom stereocenters. The first-order chi connectivity index (χ1) is 11.0. The topological polar surface area (TPSA) is 81.8 Å². The predicted molar refractivity (Wildman–Crippen MR) is 78.4 cm³/mol. The monoisotopic (exact) mass is 362 g/mol. The van der Waals surface area contributed by atoms with Gasteiger partial charge in [-0.3, -0.25) is 0 Å². The molecule has 0 N–H and O–H groups in total. The van der Waals surface area contributed by atoms with E-state index in [0.29, 0.717) is 6.07 Å². The molecule has 0 bridgehead atoms. The van der Waals surface area contributed by atoms with Crippen LogP contribution in [0.15, 0.2) is 15.7 Å². The quantitative estimate of drug-likeness (QED) is 0.766. The normalized spacial score (nSPS) is 18.5. The lowest BCUT2D eigenvalue weighted by Crippen LogP contribution is -2.25. The maximum atomic E-state index is 14.0. The van der Waals surface area contributed by atoms with Crippen LogP contribution in [0.4, 0.5) is 13.2 Å². The lowest BCUT2D eigenvalue weighted by molar-refractivity contribution is 0.0123. The van der Waals surface area contributed by atoms with Crippen molar-refractivity contribution >= 4 is 25.9 Å². The molecule has 2 aromatic rings. The van der Waals surface area contributed by atoms with Gasteiger partial charge in [0.2, 0.25) is 9.84 Å². The first-order valence-corrected chi connectivity index (χ1v) is 8.51. The average molecular weight is 362 g/mol. The standard InChI is InChI=1S/C14H13F3N2O4S/c1-6(24(20,21)9-5-14(2,3)23-18-9)13-10-8(22-19-13)4-7(15)11(16)12(10)17/h4,6H,5H2,1-3H3. The largest absolute Gasteiger partial charge is 0.389 e. The Balaban J connectivity index is 2.10. The summed E-state index contributed by atoms with van der Waals surface area (Å²) < 4.78 is 70.8. The van der Waals surface area contributed by atoms with Crippen molar-refractivity contribution in [2.45, 2.75) is 38.0 Å². The van der Waals surface area contributed by atoms with Gasteiger partial charge in [-0.05, 0) is 20.8 Å². The van der Waals surface area contributed by atoms with Gasteiger partial charge in [0.05, 0.1) is 5.39 Å². The van der Waals surface area contributed by atoms with E-state index in [2.05, 4.69) is 10.3 Å². The molecule has 0 fully saturated rings. The fraction of sp³-hybridized carbons (Fsp3) is 0.429. The summed E-state index contributed by atoms with van der Waals surface area (Å²) in [5.41, 5.74) is -1.52. The molecule has 6 nitrogen and oxygen atoms in total. The molecule has 1 aromatic heterocycles. The number of rotatable bonds is 2. The van der Waals surface area contributed by atoms with E-state index in [1.807, 2.05) is 0 Å². The third-order valence-corrected chi connectivity index (χ3v) is 5.80. The second-order valence-electron chi connectivity index (χ2n) is 6.13. The molecule has 0 radical (unpaired) electrons. The number of hydrogen-bond donors (Lipinski definition) is 0. The first kappa shape index (κ1) is 16.7. The van der Waals surface area contributed by atoms with Crippen LogP contribution in [0.3, 0.4) is 0 Å². The van der Waals surface area contributed by atoms with E-state index >= 15 is 0 Å². The van der Waals surface area contributed by atoms with Gasteiger partial charge in [-0.2, -0.15) is 0 Å². The second kappa shape index (κ2) is 5.20. The van der Waals surface area contributed by atoms with Crippen LogP contribution in [-0.2, 0) is 14.7 Å². The van der Waals surface area contributed by atoms with Crippen molar-refractivity contribution in [3.63, 3.8) is 0 Å². The molecule has 0 aliphatic carbocycles. The van der Waals surface area contributed by atoms with Gasteiger partial charge in [-0.15, -0.1) is 0 Å². The molecule has 0 saturated heterocycles. The number of benzene rings is 1. The maximum absolute atomic E-state index is 14.0. The fourth-order valence-corrected chi connectivity index (χ4v) is 3.97. The molecule has 24 heavy (non-hydrogen) atoms. The van der Waals surface area contributed by atoms with Gasteiger partial charge in [-0.1, -0.05) is 10.3 Å². The summed E-state index contributed by atoms with van der Waals surface area (Å²) in [5.74, 6) is -4.72. The Labute approximate surface area is 135 Å². The Morgan fingerprint density at radius 3 is 2.50 bits per heavy atom. The minimum absolute atomic E-state index is 0.0287. The summed E-state index contributed by atoms with van der Waals surface area (Å²) in [7, 11) is -4.04. The van der Waals surface area contributed by atoms with E-state index in [-0.39, 0.29) is 22.7 Å². The van der Waals surface area contributed by atoms with E-state index in [9.17, 15) is 21.6 Å². The van der Waals surface area contributed by atoms with E-state index in [1.54, 1.807) is 13.8 Å². The van der Waals surface area contributed by atoms with Crippen molar-refractivity contribution in [2.24, 2.45) is 5.16 Å². The summed E-state index contributed by atoms with van der Waals surface area (Å²) >= 11 is 0. The zero-order valence-corrected chi connectivity index (χ0v) is 13.7. The van der Waals surface area contributed by atoms with Gasteiger partial charge in [-0.25, -0.2) is 21.6 Å². The van der Waals surface area contributed by atoms with Crippen LogP contribution >= 0.6 is 0 Å². The molecule has 10 heteroatoms. The second-order valence-corrected chi connectivity index (χ2v) is 8.40. The molecule has 1 unspecified atom stereocenters. The van der Waals surface area contributed by atoms with Crippen LogP contribution in [0, 0.1) is 17.5 Å². The van der Waals surface area contributed by atoms with Crippen LogP contribution in [0.25, 0.3) is 11.0 Å². The highest BCUT2D eigenvalue weighted by atomic mass is 32.2. The van der Waals surface area contributed by atoms with E-state index in [0.717, 1.165) is 0 Å². The van der Waals surface area contributed by atoms with Gasteiger partial charge in [0.1, 0.15) is 16.5 Å². The number of nitrogens with zero attached hydrogens (tertiary/aromatic N) is 2.